The van der Waals surface area contributed by atoms with Crippen molar-refractivity contribution in [3.8, 4) is 6.07 Å². The smallest absolute Gasteiger partial charge is 0.191 e. The van der Waals surface area contributed by atoms with Crippen LogP contribution in [0.2, 0.25) is 0 Å². The van der Waals surface area contributed by atoms with Crippen molar-refractivity contribution in [2.24, 2.45) is 0 Å². The molecule has 68 valence electrons. The molecule has 1 aromatic rings. The molecule has 0 unspecified atom stereocenters. The van der Waals surface area contributed by atoms with E-state index in [2.05, 4.69) is 15.9 Å². The van der Waals surface area contributed by atoms with E-state index < -0.39 is 5.92 Å². The molecule has 0 bridgehead atoms. The summed E-state index contributed by atoms with van der Waals surface area (Å²) in [6.07, 6.45) is 0. The van der Waals surface area contributed by atoms with Crippen LogP contribution < -0.4 is 0 Å². The molecular formula is C9H6BrF2N. The lowest BCUT2D eigenvalue weighted by Gasteiger charge is -2.10. The maximum Gasteiger partial charge on any atom is 0.357 e. The van der Waals surface area contributed by atoms with Crippen molar-refractivity contribution in [2.45, 2.75) is 12.8 Å². The molecule has 0 aliphatic carbocycles. The van der Waals surface area contributed by atoms with Crippen LogP contribution in [0, 0.1) is 18.3 Å². The number of hydrogen-bond acceptors (Lipinski definition) is 1. The van der Waals surface area contributed by atoms with Gasteiger partial charge in [0.15, 0.2) is 0 Å². The second-order valence-corrected chi connectivity index (χ2v) is 3.56. The fourth-order valence-corrected chi connectivity index (χ4v) is 1.35. The van der Waals surface area contributed by atoms with Gasteiger partial charge in [0.25, 0.3) is 0 Å². The van der Waals surface area contributed by atoms with Gasteiger partial charge < -0.3 is 0 Å². The Balaban J connectivity index is 3.30. The largest absolute Gasteiger partial charge is 0.357 e. The van der Waals surface area contributed by atoms with Gasteiger partial charge in [-0.05, 0) is 24.6 Å². The summed E-state index contributed by atoms with van der Waals surface area (Å²) in [6.45, 7) is 1.55. The summed E-state index contributed by atoms with van der Waals surface area (Å²) < 4.78 is 26.4. The Hall–Kier alpha value is -0.950. The van der Waals surface area contributed by atoms with E-state index in [1.807, 2.05) is 0 Å². The first-order valence-corrected chi connectivity index (χ1v) is 4.32. The molecule has 0 aliphatic rings. The number of aryl methyl sites for hydroxylation is 1. The number of halogens is 3. The van der Waals surface area contributed by atoms with E-state index in [4.69, 9.17) is 5.26 Å². The normalized spacial score (nSPS) is 11.0. The van der Waals surface area contributed by atoms with Gasteiger partial charge in [-0.25, -0.2) is 0 Å². The predicted molar refractivity (Wildman–Crippen MR) is 48.4 cm³/mol. The Morgan fingerprint density at radius 3 is 2.62 bits per heavy atom. The molecule has 0 radical (unpaired) electrons. The van der Waals surface area contributed by atoms with Crippen molar-refractivity contribution in [1.29, 1.82) is 5.26 Å². The van der Waals surface area contributed by atoms with E-state index in [1.54, 1.807) is 19.1 Å². The lowest BCUT2D eigenvalue weighted by molar-refractivity contribution is 0.0605. The van der Waals surface area contributed by atoms with Crippen molar-refractivity contribution >= 4 is 15.9 Å². The van der Waals surface area contributed by atoms with E-state index in [-0.39, 0.29) is 5.56 Å². The van der Waals surface area contributed by atoms with Crippen LogP contribution in [-0.2, 0) is 5.92 Å². The van der Waals surface area contributed by atoms with Crippen molar-refractivity contribution in [3.63, 3.8) is 0 Å². The van der Waals surface area contributed by atoms with Gasteiger partial charge in [0.2, 0.25) is 0 Å². The molecule has 0 aliphatic heterocycles. The fourth-order valence-electron chi connectivity index (χ4n) is 0.993. The molecule has 0 aromatic heterocycles. The number of hydrogen-bond donors (Lipinski definition) is 0. The number of benzene rings is 1. The highest BCUT2D eigenvalue weighted by Gasteiger charge is 2.32. The topological polar surface area (TPSA) is 23.8 Å². The standard InChI is InChI=1S/C9H6BrF2N/c1-6-2-3-7(10)4-8(6)9(11,12)5-13/h2-4H,1H3. The van der Waals surface area contributed by atoms with Gasteiger partial charge in [0.1, 0.15) is 6.07 Å². The lowest BCUT2D eigenvalue weighted by atomic mass is 10.0. The van der Waals surface area contributed by atoms with E-state index in [0.717, 1.165) is 6.07 Å². The SMILES string of the molecule is Cc1ccc(Br)cc1C(F)(F)C#N. The highest BCUT2D eigenvalue weighted by Crippen LogP contribution is 2.31. The average Bonchev–Trinajstić information content (AvgIpc) is 2.09. The fraction of sp³-hybridized carbons (Fsp3) is 0.222. The summed E-state index contributed by atoms with van der Waals surface area (Å²) in [5.41, 5.74) is 0.166. The van der Waals surface area contributed by atoms with Crippen LogP contribution in [0.15, 0.2) is 22.7 Å². The third kappa shape index (κ3) is 2.04. The molecule has 0 amide bonds. The van der Waals surface area contributed by atoms with E-state index in [9.17, 15) is 8.78 Å². The maximum absolute atomic E-state index is 12.9. The van der Waals surface area contributed by atoms with Gasteiger partial charge in [-0.2, -0.15) is 14.0 Å². The zero-order valence-electron chi connectivity index (χ0n) is 6.81. The van der Waals surface area contributed by atoms with Crippen LogP contribution in [-0.4, -0.2) is 0 Å². The third-order valence-corrected chi connectivity index (χ3v) is 2.17. The minimum Gasteiger partial charge on any atom is -0.191 e. The summed E-state index contributed by atoms with van der Waals surface area (Å²) in [4.78, 5) is 0. The molecule has 0 N–H and O–H groups in total. The van der Waals surface area contributed by atoms with Crippen LogP contribution >= 0.6 is 15.9 Å². The molecule has 4 heteroatoms. The molecule has 1 nitrogen and oxygen atoms in total. The minimum absolute atomic E-state index is 0.246. The number of alkyl halides is 2. The zero-order valence-corrected chi connectivity index (χ0v) is 8.40. The van der Waals surface area contributed by atoms with Crippen LogP contribution in [0.4, 0.5) is 8.78 Å². The number of rotatable bonds is 1. The van der Waals surface area contributed by atoms with Gasteiger partial charge >= 0.3 is 5.92 Å². The van der Waals surface area contributed by atoms with Gasteiger partial charge in [-0.3, -0.25) is 0 Å². The maximum atomic E-state index is 12.9. The molecule has 1 rings (SSSR count). The first kappa shape index (κ1) is 10.1. The van der Waals surface area contributed by atoms with Crippen LogP contribution in [0.3, 0.4) is 0 Å². The molecule has 0 saturated heterocycles. The molecule has 0 spiro atoms. The molecule has 13 heavy (non-hydrogen) atoms. The van der Waals surface area contributed by atoms with E-state index in [0.29, 0.717) is 10.0 Å². The highest BCUT2D eigenvalue weighted by atomic mass is 79.9. The van der Waals surface area contributed by atoms with Gasteiger partial charge in [-0.15, -0.1) is 0 Å². The van der Waals surface area contributed by atoms with E-state index in [1.165, 1.54) is 6.07 Å². The second kappa shape index (κ2) is 3.43. The second-order valence-electron chi connectivity index (χ2n) is 2.65. The number of nitriles is 1. The monoisotopic (exact) mass is 245 g/mol. The summed E-state index contributed by atoms with van der Waals surface area (Å²) in [5, 5.41) is 8.25. The third-order valence-electron chi connectivity index (χ3n) is 1.68. The summed E-state index contributed by atoms with van der Waals surface area (Å²) in [5.74, 6) is -3.41. The Morgan fingerprint density at radius 1 is 1.46 bits per heavy atom. The highest BCUT2D eigenvalue weighted by molar-refractivity contribution is 9.10. The van der Waals surface area contributed by atoms with Crippen LogP contribution in [0.25, 0.3) is 0 Å². The van der Waals surface area contributed by atoms with Crippen molar-refractivity contribution in [2.75, 3.05) is 0 Å². The van der Waals surface area contributed by atoms with Crippen molar-refractivity contribution < 1.29 is 8.78 Å². The van der Waals surface area contributed by atoms with Crippen molar-refractivity contribution in [3.05, 3.63) is 33.8 Å². The number of nitrogens with zero attached hydrogens (tertiary/aromatic N) is 1. The lowest BCUT2D eigenvalue weighted by Crippen LogP contribution is -2.11. The predicted octanol–water partition coefficient (Wildman–Crippen LogP) is 3.37. The Labute approximate surface area is 83.1 Å². The molecule has 0 fully saturated rings. The van der Waals surface area contributed by atoms with Crippen molar-refractivity contribution in [1.82, 2.24) is 0 Å². The Morgan fingerprint density at radius 2 is 2.08 bits per heavy atom. The molecule has 1 aromatic carbocycles. The van der Waals surface area contributed by atoms with Gasteiger partial charge in [0, 0.05) is 10.0 Å². The molecular weight excluding hydrogens is 240 g/mol. The quantitative estimate of drug-likeness (QED) is 0.745. The van der Waals surface area contributed by atoms with Crippen LogP contribution in [0.5, 0.6) is 0 Å². The van der Waals surface area contributed by atoms with Gasteiger partial charge in [0.05, 0.1) is 0 Å². The molecule has 0 heterocycles. The van der Waals surface area contributed by atoms with Gasteiger partial charge in [-0.1, -0.05) is 22.0 Å². The summed E-state index contributed by atoms with van der Waals surface area (Å²) in [7, 11) is 0. The first-order chi connectivity index (χ1) is 5.97. The minimum atomic E-state index is -3.41. The zero-order chi connectivity index (χ0) is 10.1. The first-order valence-electron chi connectivity index (χ1n) is 3.53. The summed E-state index contributed by atoms with van der Waals surface area (Å²) >= 11 is 3.08. The Bertz CT molecular complexity index is 368. The molecule has 0 saturated carbocycles. The van der Waals surface area contributed by atoms with E-state index >= 15 is 0 Å². The van der Waals surface area contributed by atoms with Crippen LogP contribution in [0.1, 0.15) is 11.1 Å². The molecule has 0 atom stereocenters. The average molecular weight is 246 g/mol. The summed E-state index contributed by atoms with van der Waals surface area (Å²) in [6, 6.07) is 5.44. The Kier molecular flexibility index (Phi) is 2.67.